The molecular formula is C18H20. The quantitative estimate of drug-likeness (QED) is 0.635. The fourth-order valence-corrected chi connectivity index (χ4v) is 5.73. The average molecular weight is 236 g/mol. The summed E-state index contributed by atoms with van der Waals surface area (Å²) in [7, 11) is 0. The summed E-state index contributed by atoms with van der Waals surface area (Å²) >= 11 is 0. The SMILES string of the molecule is Cc1cccc(C23CC4=C5C(C[C@@H]4C2)C[C@@H]5C3)c1. The Kier molecular flexibility index (Phi) is 1.60. The number of allylic oxidation sites excluding steroid dienone is 2. The van der Waals surface area contributed by atoms with E-state index in [-0.39, 0.29) is 0 Å². The van der Waals surface area contributed by atoms with Crippen molar-refractivity contribution in [2.24, 2.45) is 17.8 Å². The molecule has 18 heavy (non-hydrogen) atoms. The van der Waals surface area contributed by atoms with Crippen LogP contribution in [0.15, 0.2) is 35.4 Å². The summed E-state index contributed by atoms with van der Waals surface area (Å²) < 4.78 is 0. The first-order valence-corrected chi connectivity index (χ1v) is 7.55. The lowest BCUT2D eigenvalue weighted by atomic mass is 9.57. The molecule has 2 saturated carbocycles. The molecule has 1 aromatic rings. The van der Waals surface area contributed by atoms with E-state index in [1.807, 2.05) is 11.1 Å². The molecule has 2 unspecified atom stereocenters. The Morgan fingerprint density at radius 2 is 1.89 bits per heavy atom. The van der Waals surface area contributed by atoms with Crippen LogP contribution in [0.25, 0.3) is 0 Å². The first kappa shape index (κ1) is 9.83. The maximum absolute atomic E-state index is 2.46. The van der Waals surface area contributed by atoms with Crippen LogP contribution in [0.3, 0.4) is 0 Å². The lowest BCUT2D eigenvalue weighted by molar-refractivity contribution is 0.189. The molecule has 5 rings (SSSR count). The molecule has 0 radical (unpaired) electrons. The third-order valence-electron chi connectivity index (χ3n) is 6.31. The predicted molar refractivity (Wildman–Crippen MR) is 73.4 cm³/mol. The number of rotatable bonds is 1. The van der Waals surface area contributed by atoms with Gasteiger partial charge < -0.3 is 0 Å². The van der Waals surface area contributed by atoms with Crippen molar-refractivity contribution in [3.63, 3.8) is 0 Å². The summed E-state index contributed by atoms with van der Waals surface area (Å²) in [5.74, 6) is 2.98. The third-order valence-corrected chi connectivity index (χ3v) is 6.31. The monoisotopic (exact) mass is 236 g/mol. The maximum Gasteiger partial charge on any atom is 0.000181 e. The van der Waals surface area contributed by atoms with E-state index in [4.69, 9.17) is 0 Å². The molecule has 4 aliphatic carbocycles. The van der Waals surface area contributed by atoms with Gasteiger partial charge in [-0.15, -0.1) is 0 Å². The Morgan fingerprint density at radius 1 is 1.06 bits per heavy atom. The molecule has 0 nitrogen and oxygen atoms in total. The summed E-state index contributed by atoms with van der Waals surface area (Å²) in [4.78, 5) is 0. The highest BCUT2D eigenvalue weighted by atomic mass is 14.6. The van der Waals surface area contributed by atoms with Crippen LogP contribution in [-0.2, 0) is 5.41 Å². The van der Waals surface area contributed by atoms with Crippen LogP contribution >= 0.6 is 0 Å². The molecule has 0 amide bonds. The number of hydrogen-bond donors (Lipinski definition) is 0. The minimum absolute atomic E-state index is 0.533. The zero-order valence-corrected chi connectivity index (χ0v) is 11.1. The van der Waals surface area contributed by atoms with Gasteiger partial charge in [-0.1, -0.05) is 41.0 Å². The molecular weight excluding hydrogens is 216 g/mol. The van der Waals surface area contributed by atoms with Crippen LogP contribution < -0.4 is 0 Å². The van der Waals surface area contributed by atoms with E-state index >= 15 is 0 Å². The van der Waals surface area contributed by atoms with Crippen LogP contribution in [0.4, 0.5) is 0 Å². The Bertz CT molecular complexity index is 575. The molecule has 0 spiro atoms. The highest BCUT2D eigenvalue weighted by Crippen LogP contribution is 2.69. The molecule has 0 heterocycles. The van der Waals surface area contributed by atoms with Crippen molar-refractivity contribution >= 4 is 0 Å². The van der Waals surface area contributed by atoms with Crippen LogP contribution in [0.5, 0.6) is 0 Å². The highest BCUT2D eigenvalue weighted by molar-refractivity contribution is 5.47. The Labute approximate surface area is 109 Å². The Balaban J connectivity index is 1.66. The van der Waals surface area contributed by atoms with Crippen molar-refractivity contribution in [2.75, 3.05) is 0 Å². The van der Waals surface area contributed by atoms with Gasteiger partial charge in [-0.25, -0.2) is 0 Å². The second-order valence-electron chi connectivity index (χ2n) is 7.28. The summed E-state index contributed by atoms with van der Waals surface area (Å²) in [6.07, 6.45) is 7.35. The van der Waals surface area contributed by atoms with E-state index in [1.54, 1.807) is 5.56 Å². The molecule has 2 bridgehead atoms. The van der Waals surface area contributed by atoms with Crippen molar-refractivity contribution in [3.8, 4) is 0 Å². The fourth-order valence-electron chi connectivity index (χ4n) is 5.73. The number of fused-ring (bicyclic) bond motifs is 1. The van der Waals surface area contributed by atoms with Crippen molar-refractivity contribution in [1.82, 2.24) is 0 Å². The molecule has 0 aliphatic heterocycles. The summed E-state index contributed by atoms with van der Waals surface area (Å²) in [5.41, 5.74) is 7.48. The molecule has 0 saturated heterocycles. The normalized spacial score (nSPS) is 43.3. The largest absolute Gasteiger partial charge is 0.0664 e. The second kappa shape index (κ2) is 2.92. The Hall–Kier alpha value is -1.04. The van der Waals surface area contributed by atoms with E-state index in [9.17, 15) is 0 Å². The molecule has 0 heteroatoms. The van der Waals surface area contributed by atoms with E-state index in [2.05, 4.69) is 31.2 Å². The van der Waals surface area contributed by atoms with E-state index < -0.39 is 0 Å². The van der Waals surface area contributed by atoms with Crippen molar-refractivity contribution in [3.05, 3.63) is 46.5 Å². The van der Waals surface area contributed by atoms with Gasteiger partial charge in [0, 0.05) is 5.41 Å². The van der Waals surface area contributed by atoms with Gasteiger partial charge in [-0.05, 0) is 62.3 Å². The van der Waals surface area contributed by atoms with Gasteiger partial charge in [0.1, 0.15) is 0 Å². The summed E-state index contributed by atoms with van der Waals surface area (Å²) in [6, 6.07) is 9.36. The summed E-state index contributed by atoms with van der Waals surface area (Å²) in [5, 5.41) is 0. The topological polar surface area (TPSA) is 0 Å². The second-order valence-corrected chi connectivity index (χ2v) is 7.28. The smallest absolute Gasteiger partial charge is 0.000181 e. The van der Waals surface area contributed by atoms with Gasteiger partial charge in [0.05, 0.1) is 0 Å². The van der Waals surface area contributed by atoms with E-state index in [1.165, 1.54) is 37.7 Å². The first-order chi connectivity index (χ1) is 8.75. The average Bonchev–Trinajstić information content (AvgIpc) is 2.75. The molecule has 92 valence electrons. The van der Waals surface area contributed by atoms with Crippen LogP contribution in [-0.4, -0.2) is 0 Å². The molecule has 0 aromatic heterocycles. The Morgan fingerprint density at radius 3 is 2.78 bits per heavy atom. The van der Waals surface area contributed by atoms with Crippen LogP contribution in [0.2, 0.25) is 0 Å². The van der Waals surface area contributed by atoms with Gasteiger partial charge >= 0.3 is 0 Å². The van der Waals surface area contributed by atoms with E-state index in [0.717, 1.165) is 17.8 Å². The number of hydrogen-bond acceptors (Lipinski definition) is 0. The molecule has 4 aliphatic rings. The van der Waals surface area contributed by atoms with Gasteiger partial charge in [0.2, 0.25) is 0 Å². The lowest BCUT2D eigenvalue weighted by Gasteiger charge is -2.47. The number of aryl methyl sites for hydroxylation is 1. The van der Waals surface area contributed by atoms with Crippen LogP contribution in [0, 0.1) is 24.7 Å². The van der Waals surface area contributed by atoms with Gasteiger partial charge in [-0.3, -0.25) is 0 Å². The van der Waals surface area contributed by atoms with Crippen LogP contribution in [0.1, 0.15) is 43.2 Å². The minimum Gasteiger partial charge on any atom is -0.0664 e. The zero-order valence-electron chi connectivity index (χ0n) is 11.1. The first-order valence-electron chi connectivity index (χ1n) is 7.55. The third kappa shape index (κ3) is 1.00. The van der Waals surface area contributed by atoms with E-state index in [0.29, 0.717) is 5.41 Å². The van der Waals surface area contributed by atoms with Gasteiger partial charge in [0.25, 0.3) is 0 Å². The molecule has 2 fully saturated rings. The highest BCUT2D eigenvalue weighted by Gasteiger charge is 2.58. The molecule has 4 atom stereocenters. The van der Waals surface area contributed by atoms with Gasteiger partial charge in [-0.2, -0.15) is 0 Å². The lowest BCUT2D eigenvalue weighted by Crippen LogP contribution is -2.38. The molecule has 1 aromatic carbocycles. The predicted octanol–water partition coefficient (Wildman–Crippen LogP) is 4.38. The summed E-state index contributed by atoms with van der Waals surface area (Å²) in [6.45, 7) is 2.24. The fraction of sp³-hybridized carbons (Fsp3) is 0.556. The maximum atomic E-state index is 2.46. The molecule has 0 N–H and O–H groups in total. The van der Waals surface area contributed by atoms with Crippen molar-refractivity contribution in [1.29, 1.82) is 0 Å². The minimum atomic E-state index is 0.533. The zero-order chi connectivity index (χ0) is 11.9. The standard InChI is InChI=1S/C18H20/c1-11-3-2-4-15(5-11)18-8-13-6-12-7-14(9-18)17(12)16(13)10-18/h2-5,12-14H,6-10H2,1H3/t12?,13-,14-,18?/m1/s1. The number of benzene rings is 1. The van der Waals surface area contributed by atoms with Crippen molar-refractivity contribution < 1.29 is 0 Å². The van der Waals surface area contributed by atoms with Gasteiger partial charge in [0.15, 0.2) is 0 Å². The van der Waals surface area contributed by atoms with Crippen molar-refractivity contribution in [2.45, 2.75) is 44.4 Å².